The molecule has 0 aliphatic carbocycles. The van der Waals surface area contributed by atoms with Crippen LogP contribution in [0.3, 0.4) is 0 Å². The van der Waals surface area contributed by atoms with Crippen LogP contribution in [0.1, 0.15) is 5.56 Å². The summed E-state index contributed by atoms with van der Waals surface area (Å²) in [6.07, 6.45) is 0. The van der Waals surface area contributed by atoms with Crippen molar-refractivity contribution in [1.82, 2.24) is 5.32 Å². The molecule has 112 valence electrons. The Morgan fingerprint density at radius 1 is 0.905 bits per heavy atom. The van der Waals surface area contributed by atoms with Gasteiger partial charge in [-0.05, 0) is 36.4 Å². The number of methoxy groups -OCH3 is 3. The van der Waals surface area contributed by atoms with Crippen molar-refractivity contribution in [1.29, 1.82) is 0 Å². The average Bonchev–Trinajstić information content (AvgIpc) is 2.54. The Labute approximate surface area is 125 Å². The average molecular weight is 287 g/mol. The number of nitrogens with one attached hydrogen (secondary N) is 1. The zero-order valence-corrected chi connectivity index (χ0v) is 12.9. The Kier molecular flexibility index (Phi) is 5.06. The number of benzene rings is 2. The van der Waals surface area contributed by atoms with E-state index in [0.717, 1.165) is 40.5 Å². The minimum atomic E-state index is 0.723. The van der Waals surface area contributed by atoms with Crippen molar-refractivity contribution in [2.45, 2.75) is 6.54 Å². The van der Waals surface area contributed by atoms with E-state index >= 15 is 0 Å². The summed E-state index contributed by atoms with van der Waals surface area (Å²) in [5.74, 6) is 2.30. The first-order valence-corrected chi connectivity index (χ1v) is 6.78. The predicted molar refractivity (Wildman–Crippen MR) is 84.3 cm³/mol. The normalized spacial score (nSPS) is 10.3. The number of hydrogen-bond donors (Lipinski definition) is 1. The van der Waals surface area contributed by atoms with Crippen LogP contribution >= 0.6 is 0 Å². The third-order valence-electron chi connectivity index (χ3n) is 3.37. The second-order valence-corrected chi connectivity index (χ2v) is 4.59. The molecule has 0 aliphatic rings. The highest BCUT2D eigenvalue weighted by molar-refractivity contribution is 5.77. The summed E-state index contributed by atoms with van der Waals surface area (Å²) >= 11 is 0. The fourth-order valence-electron chi connectivity index (χ4n) is 2.40. The molecular weight excluding hydrogens is 266 g/mol. The second kappa shape index (κ2) is 6.99. The van der Waals surface area contributed by atoms with Crippen molar-refractivity contribution in [2.24, 2.45) is 0 Å². The molecule has 0 aromatic heterocycles. The second-order valence-electron chi connectivity index (χ2n) is 4.59. The van der Waals surface area contributed by atoms with E-state index in [2.05, 4.69) is 5.32 Å². The van der Waals surface area contributed by atoms with E-state index in [9.17, 15) is 0 Å². The molecule has 2 rings (SSSR count). The van der Waals surface area contributed by atoms with E-state index in [0.29, 0.717) is 0 Å². The highest BCUT2D eigenvalue weighted by atomic mass is 16.5. The molecule has 0 aliphatic heterocycles. The van der Waals surface area contributed by atoms with Crippen LogP contribution in [-0.4, -0.2) is 28.4 Å². The lowest BCUT2D eigenvalue weighted by Crippen LogP contribution is -2.07. The topological polar surface area (TPSA) is 39.7 Å². The molecule has 4 heteroatoms. The zero-order valence-electron chi connectivity index (χ0n) is 12.9. The first kappa shape index (κ1) is 15.2. The fourth-order valence-corrected chi connectivity index (χ4v) is 2.40. The van der Waals surface area contributed by atoms with Crippen LogP contribution in [0.2, 0.25) is 0 Å². The molecule has 0 saturated carbocycles. The SMILES string of the molecule is CNCc1cc(OC)ccc1-c1cccc(OC)c1OC. The van der Waals surface area contributed by atoms with Gasteiger partial charge >= 0.3 is 0 Å². The van der Waals surface area contributed by atoms with E-state index < -0.39 is 0 Å². The summed E-state index contributed by atoms with van der Waals surface area (Å²) in [4.78, 5) is 0. The van der Waals surface area contributed by atoms with E-state index in [4.69, 9.17) is 14.2 Å². The molecule has 0 spiro atoms. The number of hydrogen-bond acceptors (Lipinski definition) is 4. The lowest BCUT2D eigenvalue weighted by atomic mass is 9.98. The molecule has 0 amide bonds. The summed E-state index contributed by atoms with van der Waals surface area (Å²) < 4.78 is 16.2. The Morgan fingerprint density at radius 2 is 1.71 bits per heavy atom. The van der Waals surface area contributed by atoms with Gasteiger partial charge in [0.2, 0.25) is 0 Å². The highest BCUT2D eigenvalue weighted by Crippen LogP contribution is 2.39. The van der Waals surface area contributed by atoms with Gasteiger partial charge in [0, 0.05) is 12.1 Å². The number of rotatable bonds is 6. The van der Waals surface area contributed by atoms with Gasteiger partial charge in [0.25, 0.3) is 0 Å². The predicted octanol–water partition coefficient (Wildman–Crippen LogP) is 3.10. The van der Waals surface area contributed by atoms with E-state index in [1.54, 1.807) is 21.3 Å². The molecule has 0 fully saturated rings. The van der Waals surface area contributed by atoms with Crippen molar-refractivity contribution in [3.8, 4) is 28.4 Å². The van der Waals surface area contributed by atoms with E-state index in [1.165, 1.54) is 0 Å². The van der Waals surface area contributed by atoms with Crippen LogP contribution in [0.25, 0.3) is 11.1 Å². The zero-order chi connectivity index (χ0) is 15.2. The summed E-state index contributed by atoms with van der Waals surface area (Å²) in [5, 5.41) is 3.18. The summed E-state index contributed by atoms with van der Waals surface area (Å²) in [6, 6.07) is 11.9. The number of ether oxygens (including phenoxy) is 3. The quantitative estimate of drug-likeness (QED) is 0.886. The van der Waals surface area contributed by atoms with Gasteiger partial charge in [-0.1, -0.05) is 18.2 Å². The van der Waals surface area contributed by atoms with Crippen molar-refractivity contribution in [3.05, 3.63) is 42.0 Å². The summed E-state index contributed by atoms with van der Waals surface area (Å²) in [7, 11) is 6.89. The van der Waals surface area contributed by atoms with Gasteiger partial charge in [-0.25, -0.2) is 0 Å². The summed E-state index contributed by atoms with van der Waals surface area (Å²) in [5.41, 5.74) is 3.24. The Morgan fingerprint density at radius 3 is 2.33 bits per heavy atom. The smallest absolute Gasteiger partial charge is 0.168 e. The molecule has 21 heavy (non-hydrogen) atoms. The minimum Gasteiger partial charge on any atom is -0.497 e. The van der Waals surface area contributed by atoms with Crippen molar-refractivity contribution in [2.75, 3.05) is 28.4 Å². The minimum absolute atomic E-state index is 0.723. The standard InChI is InChI=1S/C17H21NO3/c1-18-11-12-10-13(19-2)8-9-14(12)15-6-5-7-16(20-3)17(15)21-4/h5-10,18H,11H2,1-4H3. The Hall–Kier alpha value is -2.20. The van der Waals surface area contributed by atoms with Crippen LogP contribution in [0.4, 0.5) is 0 Å². The third-order valence-corrected chi connectivity index (χ3v) is 3.37. The molecule has 2 aromatic rings. The third kappa shape index (κ3) is 3.11. The maximum absolute atomic E-state index is 5.53. The van der Waals surface area contributed by atoms with Gasteiger partial charge in [-0.15, -0.1) is 0 Å². The van der Waals surface area contributed by atoms with Crippen LogP contribution in [0.15, 0.2) is 36.4 Å². The largest absolute Gasteiger partial charge is 0.497 e. The fraction of sp³-hybridized carbons (Fsp3) is 0.294. The molecule has 0 radical (unpaired) electrons. The van der Waals surface area contributed by atoms with Crippen molar-refractivity contribution in [3.63, 3.8) is 0 Å². The Balaban J connectivity index is 2.60. The molecule has 0 heterocycles. The maximum Gasteiger partial charge on any atom is 0.168 e. The molecule has 0 saturated heterocycles. The molecule has 1 N–H and O–H groups in total. The molecule has 4 nitrogen and oxygen atoms in total. The van der Waals surface area contributed by atoms with Crippen LogP contribution in [-0.2, 0) is 6.54 Å². The summed E-state index contributed by atoms with van der Waals surface area (Å²) in [6.45, 7) is 0.743. The van der Waals surface area contributed by atoms with Gasteiger partial charge in [-0.3, -0.25) is 0 Å². The molecule has 0 atom stereocenters. The van der Waals surface area contributed by atoms with Gasteiger partial charge in [0.1, 0.15) is 5.75 Å². The lowest BCUT2D eigenvalue weighted by molar-refractivity contribution is 0.356. The first-order valence-electron chi connectivity index (χ1n) is 6.78. The van der Waals surface area contributed by atoms with Gasteiger partial charge < -0.3 is 19.5 Å². The number of para-hydroxylation sites is 1. The monoisotopic (exact) mass is 287 g/mol. The molecular formula is C17H21NO3. The maximum atomic E-state index is 5.53. The van der Waals surface area contributed by atoms with Crippen LogP contribution in [0.5, 0.6) is 17.2 Å². The molecule has 2 aromatic carbocycles. The molecule has 0 unspecified atom stereocenters. The van der Waals surface area contributed by atoms with Gasteiger partial charge in [0.15, 0.2) is 11.5 Å². The van der Waals surface area contributed by atoms with Gasteiger partial charge in [0.05, 0.1) is 21.3 Å². The van der Waals surface area contributed by atoms with Crippen LogP contribution < -0.4 is 19.5 Å². The van der Waals surface area contributed by atoms with Crippen molar-refractivity contribution < 1.29 is 14.2 Å². The lowest BCUT2D eigenvalue weighted by Gasteiger charge is -2.16. The van der Waals surface area contributed by atoms with Gasteiger partial charge in [-0.2, -0.15) is 0 Å². The molecule has 0 bridgehead atoms. The van der Waals surface area contributed by atoms with Crippen LogP contribution in [0, 0.1) is 0 Å². The van der Waals surface area contributed by atoms with E-state index in [1.807, 2.05) is 43.4 Å². The Bertz CT molecular complexity index is 611. The highest BCUT2D eigenvalue weighted by Gasteiger charge is 2.14. The van der Waals surface area contributed by atoms with Crippen molar-refractivity contribution >= 4 is 0 Å². The first-order chi connectivity index (χ1) is 10.2. The van der Waals surface area contributed by atoms with E-state index in [-0.39, 0.29) is 0 Å².